The van der Waals surface area contributed by atoms with E-state index in [1.807, 2.05) is 24.2 Å². The molecule has 0 radical (unpaired) electrons. The van der Waals surface area contributed by atoms with Crippen LogP contribution in [-0.2, 0) is 0 Å². The second kappa shape index (κ2) is 7.69. The Kier molecular flexibility index (Phi) is 6.50. The maximum absolute atomic E-state index is 4.02. The lowest BCUT2D eigenvalue weighted by atomic mass is 10.2. The SMILES string of the molecule is CCCC(C)NCC(C)Sc1ccncc1. The molecule has 0 fully saturated rings. The molecule has 0 aliphatic heterocycles. The molecule has 1 aromatic rings. The van der Waals surface area contributed by atoms with Gasteiger partial charge in [0.1, 0.15) is 0 Å². The van der Waals surface area contributed by atoms with E-state index in [1.165, 1.54) is 17.7 Å². The summed E-state index contributed by atoms with van der Waals surface area (Å²) in [4.78, 5) is 5.32. The zero-order chi connectivity index (χ0) is 11.8. The Labute approximate surface area is 103 Å². The van der Waals surface area contributed by atoms with Gasteiger partial charge < -0.3 is 5.32 Å². The van der Waals surface area contributed by atoms with Gasteiger partial charge in [0, 0.05) is 35.1 Å². The van der Waals surface area contributed by atoms with Crippen LogP contribution in [0.1, 0.15) is 33.6 Å². The van der Waals surface area contributed by atoms with Gasteiger partial charge in [-0.2, -0.15) is 0 Å². The third-order valence-corrected chi connectivity index (χ3v) is 3.58. The van der Waals surface area contributed by atoms with Gasteiger partial charge in [-0.05, 0) is 25.5 Å². The van der Waals surface area contributed by atoms with Crippen molar-refractivity contribution >= 4 is 11.8 Å². The normalized spacial score (nSPS) is 14.7. The van der Waals surface area contributed by atoms with E-state index in [0.717, 1.165) is 6.54 Å². The van der Waals surface area contributed by atoms with Crippen LogP contribution in [0, 0.1) is 0 Å². The summed E-state index contributed by atoms with van der Waals surface area (Å²) in [6, 6.07) is 4.76. The van der Waals surface area contributed by atoms with Gasteiger partial charge in [-0.3, -0.25) is 4.98 Å². The first-order valence-electron chi connectivity index (χ1n) is 6.02. The molecule has 0 saturated heterocycles. The van der Waals surface area contributed by atoms with Crippen LogP contribution in [0.15, 0.2) is 29.4 Å². The van der Waals surface area contributed by atoms with E-state index in [9.17, 15) is 0 Å². The van der Waals surface area contributed by atoms with Crippen molar-refractivity contribution < 1.29 is 0 Å². The summed E-state index contributed by atoms with van der Waals surface area (Å²) in [7, 11) is 0. The summed E-state index contributed by atoms with van der Waals surface area (Å²) < 4.78 is 0. The van der Waals surface area contributed by atoms with Crippen LogP contribution in [0.3, 0.4) is 0 Å². The fraction of sp³-hybridized carbons (Fsp3) is 0.615. The first-order valence-corrected chi connectivity index (χ1v) is 6.90. The average molecular weight is 238 g/mol. The summed E-state index contributed by atoms with van der Waals surface area (Å²) in [6.07, 6.45) is 6.21. The highest BCUT2D eigenvalue weighted by Crippen LogP contribution is 2.21. The highest BCUT2D eigenvalue weighted by atomic mass is 32.2. The van der Waals surface area contributed by atoms with Crippen LogP contribution in [0.4, 0.5) is 0 Å². The van der Waals surface area contributed by atoms with Gasteiger partial charge in [-0.25, -0.2) is 0 Å². The van der Waals surface area contributed by atoms with Gasteiger partial charge in [0.05, 0.1) is 0 Å². The Morgan fingerprint density at radius 2 is 2.00 bits per heavy atom. The fourth-order valence-electron chi connectivity index (χ4n) is 1.59. The molecule has 0 aliphatic rings. The molecule has 0 bridgehead atoms. The molecule has 0 aliphatic carbocycles. The lowest BCUT2D eigenvalue weighted by Gasteiger charge is -2.16. The van der Waals surface area contributed by atoms with E-state index < -0.39 is 0 Å². The van der Waals surface area contributed by atoms with Crippen LogP contribution in [-0.4, -0.2) is 22.8 Å². The smallest absolute Gasteiger partial charge is 0.0278 e. The summed E-state index contributed by atoms with van der Waals surface area (Å²) in [5.74, 6) is 0. The molecular weight excluding hydrogens is 216 g/mol. The number of nitrogens with zero attached hydrogens (tertiary/aromatic N) is 1. The predicted octanol–water partition coefficient (Wildman–Crippen LogP) is 3.34. The molecule has 0 saturated carbocycles. The molecule has 1 heterocycles. The molecule has 0 amide bonds. The van der Waals surface area contributed by atoms with Gasteiger partial charge in [0.2, 0.25) is 0 Å². The van der Waals surface area contributed by atoms with Crippen LogP contribution in [0.2, 0.25) is 0 Å². The minimum Gasteiger partial charge on any atom is -0.313 e. The summed E-state index contributed by atoms with van der Waals surface area (Å²) in [6.45, 7) is 7.81. The number of nitrogens with one attached hydrogen (secondary N) is 1. The zero-order valence-corrected chi connectivity index (χ0v) is 11.3. The van der Waals surface area contributed by atoms with E-state index in [4.69, 9.17) is 0 Å². The van der Waals surface area contributed by atoms with Crippen molar-refractivity contribution in [3.63, 3.8) is 0 Å². The molecule has 1 aromatic heterocycles. The molecular formula is C13H22N2S. The highest BCUT2D eigenvalue weighted by molar-refractivity contribution is 8.00. The Bertz CT molecular complexity index is 277. The second-order valence-electron chi connectivity index (χ2n) is 4.21. The van der Waals surface area contributed by atoms with E-state index in [0.29, 0.717) is 11.3 Å². The van der Waals surface area contributed by atoms with E-state index in [1.54, 1.807) is 0 Å². The minimum absolute atomic E-state index is 0.599. The van der Waals surface area contributed by atoms with Crippen LogP contribution in [0.5, 0.6) is 0 Å². The average Bonchev–Trinajstić information content (AvgIpc) is 2.28. The van der Waals surface area contributed by atoms with E-state index in [2.05, 4.69) is 43.2 Å². The quantitative estimate of drug-likeness (QED) is 0.737. The maximum atomic E-state index is 4.02. The number of rotatable bonds is 7. The Hall–Kier alpha value is -0.540. The summed E-state index contributed by atoms with van der Waals surface area (Å²) >= 11 is 1.90. The number of aromatic nitrogens is 1. The standard InChI is InChI=1S/C13H22N2S/c1-4-5-11(2)15-10-12(3)16-13-6-8-14-9-7-13/h6-9,11-12,15H,4-5,10H2,1-3H3. The van der Waals surface area contributed by atoms with Crippen molar-refractivity contribution in [1.29, 1.82) is 0 Å². The van der Waals surface area contributed by atoms with Crippen molar-refractivity contribution in [2.24, 2.45) is 0 Å². The Morgan fingerprint density at radius 3 is 2.62 bits per heavy atom. The molecule has 3 heteroatoms. The molecule has 0 aromatic carbocycles. The molecule has 16 heavy (non-hydrogen) atoms. The molecule has 2 nitrogen and oxygen atoms in total. The van der Waals surface area contributed by atoms with Crippen molar-refractivity contribution in [3.05, 3.63) is 24.5 Å². The third-order valence-electron chi connectivity index (χ3n) is 2.46. The molecule has 2 unspecified atom stereocenters. The van der Waals surface area contributed by atoms with Crippen molar-refractivity contribution in [2.75, 3.05) is 6.54 Å². The number of hydrogen-bond donors (Lipinski definition) is 1. The number of hydrogen-bond acceptors (Lipinski definition) is 3. The summed E-state index contributed by atoms with van der Waals surface area (Å²) in [5.41, 5.74) is 0. The Balaban J connectivity index is 2.23. The van der Waals surface area contributed by atoms with Gasteiger partial charge in [0.25, 0.3) is 0 Å². The molecule has 0 spiro atoms. The van der Waals surface area contributed by atoms with Crippen molar-refractivity contribution in [3.8, 4) is 0 Å². The van der Waals surface area contributed by atoms with Gasteiger partial charge >= 0.3 is 0 Å². The zero-order valence-electron chi connectivity index (χ0n) is 10.4. The lowest BCUT2D eigenvalue weighted by molar-refractivity contribution is 0.511. The largest absolute Gasteiger partial charge is 0.313 e. The molecule has 2 atom stereocenters. The van der Waals surface area contributed by atoms with Crippen LogP contribution >= 0.6 is 11.8 Å². The van der Waals surface area contributed by atoms with E-state index in [-0.39, 0.29) is 0 Å². The first kappa shape index (κ1) is 13.5. The van der Waals surface area contributed by atoms with E-state index >= 15 is 0 Å². The minimum atomic E-state index is 0.599. The van der Waals surface area contributed by atoms with Crippen LogP contribution in [0.25, 0.3) is 0 Å². The van der Waals surface area contributed by atoms with Gasteiger partial charge in [-0.1, -0.05) is 20.3 Å². The monoisotopic (exact) mass is 238 g/mol. The van der Waals surface area contributed by atoms with Gasteiger partial charge in [0.15, 0.2) is 0 Å². The Morgan fingerprint density at radius 1 is 1.31 bits per heavy atom. The van der Waals surface area contributed by atoms with Gasteiger partial charge in [-0.15, -0.1) is 11.8 Å². The predicted molar refractivity (Wildman–Crippen MR) is 71.9 cm³/mol. The number of pyridine rings is 1. The molecule has 1 N–H and O–H groups in total. The summed E-state index contributed by atoms with van der Waals surface area (Å²) in [5, 5.41) is 4.17. The van der Waals surface area contributed by atoms with Crippen LogP contribution < -0.4 is 5.32 Å². The second-order valence-corrected chi connectivity index (χ2v) is 5.72. The first-order chi connectivity index (χ1) is 7.72. The fourth-order valence-corrected chi connectivity index (χ4v) is 2.52. The number of thioether (sulfide) groups is 1. The van der Waals surface area contributed by atoms with Crippen molar-refractivity contribution in [2.45, 2.75) is 49.8 Å². The highest BCUT2D eigenvalue weighted by Gasteiger charge is 2.06. The molecule has 1 rings (SSSR count). The van der Waals surface area contributed by atoms with Crippen molar-refractivity contribution in [1.82, 2.24) is 10.3 Å². The molecule has 90 valence electrons. The topological polar surface area (TPSA) is 24.9 Å². The third kappa shape index (κ3) is 5.52. The lowest BCUT2D eigenvalue weighted by Crippen LogP contribution is -2.31. The maximum Gasteiger partial charge on any atom is 0.0278 e.